The molecule has 33 heavy (non-hydrogen) atoms. The van der Waals surface area contributed by atoms with Gasteiger partial charge >= 0.3 is 0 Å². The molecular weight excluding hydrogens is 556 g/mol. The fourth-order valence-corrected chi connectivity index (χ4v) is 5.04. The van der Waals surface area contributed by atoms with Gasteiger partial charge in [0.25, 0.3) is 5.91 Å². The van der Waals surface area contributed by atoms with E-state index in [4.69, 9.17) is 9.57 Å². The lowest BCUT2D eigenvalue weighted by Crippen LogP contribution is -2.37. The SMILES string of the molecule is COc1cc([C@H]2[C@@H]3C(=O)N(c4ccc(Br)cc4)C(=O)[C@@H]3ON2c2ccccc2)cc(Br)c1O. The quantitative estimate of drug-likeness (QED) is 0.444. The average molecular weight is 574 g/mol. The van der Waals surface area contributed by atoms with Crippen molar-refractivity contribution in [1.29, 1.82) is 0 Å². The zero-order valence-electron chi connectivity index (χ0n) is 17.3. The normalized spacial score (nSPS) is 22.1. The number of carbonyl (C=O) groups is 2. The van der Waals surface area contributed by atoms with E-state index in [2.05, 4.69) is 31.9 Å². The number of aromatic hydroxyl groups is 1. The third-order valence-corrected chi connectivity index (χ3v) is 6.96. The third kappa shape index (κ3) is 3.60. The van der Waals surface area contributed by atoms with E-state index in [-0.39, 0.29) is 17.4 Å². The van der Waals surface area contributed by atoms with Crippen LogP contribution in [-0.4, -0.2) is 30.1 Å². The summed E-state index contributed by atoms with van der Waals surface area (Å²) in [4.78, 5) is 34.3. The molecule has 9 heteroatoms. The molecule has 0 unspecified atom stereocenters. The number of nitrogens with zero attached hydrogens (tertiary/aromatic N) is 2. The summed E-state index contributed by atoms with van der Waals surface area (Å²) >= 11 is 6.74. The van der Waals surface area contributed by atoms with Gasteiger partial charge in [0.15, 0.2) is 17.6 Å². The molecule has 2 fully saturated rings. The number of carbonyl (C=O) groups excluding carboxylic acids is 2. The van der Waals surface area contributed by atoms with Crippen molar-refractivity contribution < 1.29 is 24.3 Å². The second-order valence-corrected chi connectivity index (χ2v) is 9.47. The van der Waals surface area contributed by atoms with Gasteiger partial charge in [-0.2, -0.15) is 0 Å². The Balaban J connectivity index is 1.62. The smallest absolute Gasteiger partial charge is 0.266 e. The van der Waals surface area contributed by atoms with Crippen molar-refractivity contribution in [3.63, 3.8) is 0 Å². The first-order chi connectivity index (χ1) is 15.9. The van der Waals surface area contributed by atoms with Crippen LogP contribution in [0.2, 0.25) is 0 Å². The Morgan fingerprint density at radius 1 is 0.939 bits per heavy atom. The summed E-state index contributed by atoms with van der Waals surface area (Å²) < 4.78 is 6.58. The summed E-state index contributed by atoms with van der Waals surface area (Å²) in [5.41, 5.74) is 1.85. The monoisotopic (exact) mass is 572 g/mol. The highest BCUT2D eigenvalue weighted by atomic mass is 79.9. The second kappa shape index (κ2) is 8.48. The molecule has 2 amide bonds. The lowest BCUT2D eigenvalue weighted by atomic mass is 9.90. The topological polar surface area (TPSA) is 79.3 Å². The summed E-state index contributed by atoms with van der Waals surface area (Å²) in [6.45, 7) is 0. The number of anilines is 2. The molecular formula is C24H18Br2N2O5. The Morgan fingerprint density at radius 3 is 2.30 bits per heavy atom. The highest BCUT2D eigenvalue weighted by molar-refractivity contribution is 9.10. The number of fused-ring (bicyclic) bond motifs is 1. The molecule has 0 aliphatic carbocycles. The number of para-hydroxylation sites is 1. The van der Waals surface area contributed by atoms with E-state index < -0.39 is 24.0 Å². The van der Waals surface area contributed by atoms with E-state index in [1.165, 1.54) is 12.0 Å². The van der Waals surface area contributed by atoms with Gasteiger partial charge in [0.05, 0.1) is 29.0 Å². The van der Waals surface area contributed by atoms with Gasteiger partial charge in [-0.25, -0.2) is 9.96 Å². The number of hydroxylamine groups is 1. The molecule has 0 radical (unpaired) electrons. The van der Waals surface area contributed by atoms with Crippen LogP contribution in [0.5, 0.6) is 11.5 Å². The molecule has 3 aromatic carbocycles. The molecule has 3 aromatic rings. The van der Waals surface area contributed by atoms with Gasteiger partial charge in [-0.15, -0.1) is 0 Å². The number of methoxy groups -OCH3 is 1. The highest BCUT2D eigenvalue weighted by Gasteiger charge is 2.60. The van der Waals surface area contributed by atoms with E-state index in [9.17, 15) is 14.7 Å². The number of rotatable bonds is 4. The Hall–Kier alpha value is -2.88. The molecule has 2 saturated heterocycles. The van der Waals surface area contributed by atoms with Gasteiger partial charge < -0.3 is 9.84 Å². The highest BCUT2D eigenvalue weighted by Crippen LogP contribution is 2.49. The Morgan fingerprint density at radius 2 is 1.64 bits per heavy atom. The number of amides is 2. The number of phenols is 1. The fraction of sp³-hybridized carbons (Fsp3) is 0.167. The van der Waals surface area contributed by atoms with Gasteiger partial charge in [0, 0.05) is 4.47 Å². The number of imide groups is 1. The standard InChI is InChI=1S/C24H18Br2N2O5/c1-32-18-12-13(11-17(26)21(18)29)20-19-22(33-28(20)16-5-3-2-4-6-16)24(31)27(23(19)30)15-9-7-14(25)8-10-15/h2-12,19-20,22,29H,1H3/t19-,20-,22+/m0/s1. The summed E-state index contributed by atoms with van der Waals surface area (Å²) in [7, 11) is 1.45. The maximum atomic E-state index is 13.6. The molecule has 168 valence electrons. The lowest BCUT2D eigenvalue weighted by molar-refractivity contribution is -0.126. The van der Waals surface area contributed by atoms with Crippen LogP contribution >= 0.6 is 31.9 Å². The van der Waals surface area contributed by atoms with Crippen LogP contribution in [0, 0.1) is 5.92 Å². The molecule has 0 bridgehead atoms. The molecule has 7 nitrogen and oxygen atoms in total. The van der Waals surface area contributed by atoms with Crippen LogP contribution in [0.15, 0.2) is 75.7 Å². The molecule has 2 aliphatic heterocycles. The van der Waals surface area contributed by atoms with Gasteiger partial charge in [-0.05, 0) is 70.0 Å². The number of phenolic OH excluding ortho intramolecular Hbond substituents is 1. The Bertz CT molecular complexity index is 1240. The second-order valence-electron chi connectivity index (χ2n) is 7.70. The first kappa shape index (κ1) is 21.9. The molecule has 0 spiro atoms. The molecule has 1 N–H and O–H groups in total. The predicted molar refractivity (Wildman–Crippen MR) is 129 cm³/mol. The Kier molecular flexibility index (Phi) is 5.64. The van der Waals surface area contributed by atoms with E-state index in [0.29, 0.717) is 21.4 Å². The minimum Gasteiger partial charge on any atom is -0.503 e. The van der Waals surface area contributed by atoms with Crippen LogP contribution < -0.4 is 14.7 Å². The van der Waals surface area contributed by atoms with Gasteiger partial charge in [0.2, 0.25) is 5.91 Å². The molecule has 0 aromatic heterocycles. The molecule has 3 atom stereocenters. The largest absolute Gasteiger partial charge is 0.503 e. The van der Waals surface area contributed by atoms with Crippen molar-refractivity contribution in [3.8, 4) is 11.5 Å². The summed E-state index contributed by atoms with van der Waals surface area (Å²) in [6.07, 6.45) is -0.982. The Labute approximate surface area is 206 Å². The number of ether oxygens (including phenoxy) is 1. The minimum atomic E-state index is -0.982. The van der Waals surface area contributed by atoms with Crippen LogP contribution in [0.4, 0.5) is 11.4 Å². The van der Waals surface area contributed by atoms with E-state index in [1.807, 2.05) is 30.3 Å². The van der Waals surface area contributed by atoms with Crippen molar-refractivity contribution in [1.82, 2.24) is 0 Å². The number of hydrogen-bond donors (Lipinski definition) is 1. The van der Waals surface area contributed by atoms with E-state index >= 15 is 0 Å². The van der Waals surface area contributed by atoms with Gasteiger partial charge in [0.1, 0.15) is 5.92 Å². The summed E-state index contributed by atoms with van der Waals surface area (Å²) in [5, 5.41) is 11.9. The summed E-state index contributed by atoms with van der Waals surface area (Å²) in [6, 6.07) is 19.0. The van der Waals surface area contributed by atoms with Crippen LogP contribution in [0.3, 0.4) is 0 Å². The van der Waals surface area contributed by atoms with Crippen molar-refractivity contribution in [2.24, 2.45) is 5.92 Å². The fourth-order valence-electron chi connectivity index (χ4n) is 4.32. The van der Waals surface area contributed by atoms with E-state index in [0.717, 1.165) is 4.47 Å². The maximum Gasteiger partial charge on any atom is 0.266 e. The van der Waals surface area contributed by atoms with Crippen molar-refractivity contribution in [2.45, 2.75) is 12.1 Å². The molecule has 2 heterocycles. The van der Waals surface area contributed by atoms with Crippen molar-refractivity contribution in [2.75, 3.05) is 17.1 Å². The van der Waals surface area contributed by atoms with Gasteiger partial charge in [-0.1, -0.05) is 34.1 Å². The third-order valence-electron chi connectivity index (χ3n) is 5.82. The number of hydrogen-bond acceptors (Lipinski definition) is 6. The molecule has 5 rings (SSSR count). The number of halogens is 2. The van der Waals surface area contributed by atoms with Gasteiger partial charge in [-0.3, -0.25) is 14.4 Å². The minimum absolute atomic E-state index is 0.0479. The van der Waals surface area contributed by atoms with Crippen LogP contribution in [0.25, 0.3) is 0 Å². The first-order valence-electron chi connectivity index (χ1n) is 10.1. The average Bonchev–Trinajstić information content (AvgIpc) is 3.33. The zero-order chi connectivity index (χ0) is 23.3. The van der Waals surface area contributed by atoms with Crippen molar-refractivity contribution >= 4 is 55.0 Å². The molecule has 2 aliphatic rings. The van der Waals surface area contributed by atoms with Crippen LogP contribution in [-0.2, 0) is 14.4 Å². The van der Waals surface area contributed by atoms with E-state index in [1.54, 1.807) is 41.5 Å². The number of benzene rings is 3. The predicted octanol–water partition coefficient (Wildman–Crippen LogP) is 4.98. The molecule has 0 saturated carbocycles. The zero-order valence-corrected chi connectivity index (χ0v) is 20.5. The van der Waals surface area contributed by atoms with Crippen LogP contribution in [0.1, 0.15) is 11.6 Å². The summed E-state index contributed by atoms with van der Waals surface area (Å²) in [5.74, 6) is -1.35. The maximum absolute atomic E-state index is 13.6. The van der Waals surface area contributed by atoms with Crippen molar-refractivity contribution in [3.05, 3.63) is 81.2 Å². The lowest BCUT2D eigenvalue weighted by Gasteiger charge is -2.29. The first-order valence-corrected chi connectivity index (χ1v) is 11.7.